The Kier molecular flexibility index (Phi) is 8.44. The highest BCUT2D eigenvalue weighted by atomic mass is 35.5. The number of hydrogen-bond acceptors (Lipinski definition) is 4. The Labute approximate surface area is 253 Å². The summed E-state index contributed by atoms with van der Waals surface area (Å²) in [5.41, 5.74) is 10.3. The van der Waals surface area contributed by atoms with Gasteiger partial charge >= 0.3 is 0 Å². The van der Waals surface area contributed by atoms with E-state index in [2.05, 4.69) is 87.9 Å². The summed E-state index contributed by atoms with van der Waals surface area (Å²) in [5.74, 6) is 0. The fraction of sp³-hybridized carbons (Fsp3) is 0.250. The van der Waals surface area contributed by atoms with Crippen LogP contribution in [0.5, 0.6) is 0 Å². The highest BCUT2D eigenvalue weighted by molar-refractivity contribution is 6.36. The van der Waals surface area contributed by atoms with Crippen LogP contribution in [0, 0.1) is 6.92 Å². The monoisotopic (exact) mass is 576 g/mol. The van der Waals surface area contributed by atoms with Crippen molar-refractivity contribution in [3.63, 3.8) is 0 Å². The Balaban J connectivity index is 1.53. The molecule has 0 bridgehead atoms. The smallest absolute Gasteiger partial charge is 0.265 e. The van der Waals surface area contributed by atoms with E-state index in [-0.39, 0.29) is 11.1 Å². The molecule has 0 atom stereocenters. The van der Waals surface area contributed by atoms with Crippen molar-refractivity contribution in [3.05, 3.63) is 117 Å². The summed E-state index contributed by atoms with van der Waals surface area (Å²) in [6.45, 7) is 15.4. The number of halogens is 1. The summed E-state index contributed by atoms with van der Waals surface area (Å²) in [6.07, 6.45) is 6.64. The molecule has 3 heterocycles. The molecule has 2 aromatic carbocycles. The van der Waals surface area contributed by atoms with Crippen molar-refractivity contribution in [3.8, 4) is 33.5 Å². The van der Waals surface area contributed by atoms with E-state index in [1.807, 2.05) is 24.3 Å². The first kappa shape index (κ1) is 29.4. The maximum atomic E-state index is 12.7. The van der Waals surface area contributed by atoms with Gasteiger partial charge in [0.2, 0.25) is 0 Å². The summed E-state index contributed by atoms with van der Waals surface area (Å²) >= 11 is 7.11. The molecule has 0 spiro atoms. The molecule has 6 heteroatoms. The van der Waals surface area contributed by atoms with Gasteiger partial charge in [0.25, 0.3) is 5.56 Å². The Morgan fingerprint density at radius 1 is 1.00 bits per heavy atom. The van der Waals surface area contributed by atoms with Crippen molar-refractivity contribution in [2.45, 2.75) is 53.0 Å². The van der Waals surface area contributed by atoms with Gasteiger partial charge < -0.3 is 5.32 Å². The second kappa shape index (κ2) is 12.0. The first-order valence-electron chi connectivity index (χ1n) is 14.4. The first-order valence-corrected chi connectivity index (χ1v) is 14.8. The lowest BCUT2D eigenvalue weighted by Crippen LogP contribution is -2.37. The number of hydrogen-bond donors (Lipinski definition) is 1. The molecule has 0 radical (unpaired) electrons. The van der Waals surface area contributed by atoms with Crippen molar-refractivity contribution in [2.24, 2.45) is 0 Å². The van der Waals surface area contributed by atoms with E-state index in [4.69, 9.17) is 16.6 Å². The van der Waals surface area contributed by atoms with Gasteiger partial charge in [0.15, 0.2) is 0 Å². The van der Waals surface area contributed by atoms with E-state index in [0.717, 1.165) is 64.2 Å². The van der Waals surface area contributed by atoms with Crippen molar-refractivity contribution < 1.29 is 0 Å². The van der Waals surface area contributed by atoms with Crippen LogP contribution in [-0.2, 0) is 12.8 Å². The fourth-order valence-electron chi connectivity index (χ4n) is 5.34. The standard InChI is InChI=1S/C36H37ClN4O/c1-7-24-15-16-32(40-31(24)17-19-39-36(4,5)6)28-12-9-11-27(23(28)3)30-14-10-13-29(34(30)37)26-18-20-41-33(21-26)38-22-25(8-2)35(41)42/h8-16,18,20-22,39H,2,7,17,19H2,1,3-6H3. The number of nitrogens with zero attached hydrogens (tertiary/aromatic N) is 3. The van der Waals surface area contributed by atoms with Gasteiger partial charge in [0, 0.05) is 53.3 Å². The molecule has 0 fully saturated rings. The summed E-state index contributed by atoms with van der Waals surface area (Å²) in [5, 5.41) is 4.23. The van der Waals surface area contributed by atoms with Gasteiger partial charge in [0.05, 0.1) is 16.3 Å². The maximum absolute atomic E-state index is 12.7. The Bertz CT molecular complexity index is 1850. The molecule has 5 aromatic rings. The molecular weight excluding hydrogens is 540 g/mol. The number of benzene rings is 2. The molecule has 0 aliphatic heterocycles. The number of aromatic nitrogens is 3. The van der Waals surface area contributed by atoms with Crippen LogP contribution in [0.3, 0.4) is 0 Å². The van der Waals surface area contributed by atoms with Gasteiger partial charge in [-0.05, 0) is 74.6 Å². The second-order valence-corrected chi connectivity index (χ2v) is 12.0. The molecule has 0 amide bonds. The van der Waals surface area contributed by atoms with Crippen LogP contribution in [0.15, 0.2) is 84.4 Å². The molecule has 3 aromatic heterocycles. The number of nitrogens with one attached hydrogen (secondary N) is 1. The third-order valence-electron chi connectivity index (χ3n) is 7.63. The predicted octanol–water partition coefficient (Wildman–Crippen LogP) is 8.19. The second-order valence-electron chi connectivity index (χ2n) is 11.6. The van der Waals surface area contributed by atoms with Gasteiger partial charge in [-0.25, -0.2) is 4.98 Å². The molecule has 214 valence electrons. The average molecular weight is 577 g/mol. The van der Waals surface area contributed by atoms with Crippen molar-refractivity contribution >= 4 is 23.3 Å². The zero-order chi connectivity index (χ0) is 30.0. The number of fused-ring (bicyclic) bond motifs is 1. The quantitative estimate of drug-likeness (QED) is 0.202. The topological polar surface area (TPSA) is 59.3 Å². The van der Waals surface area contributed by atoms with Crippen LogP contribution >= 0.6 is 11.6 Å². The van der Waals surface area contributed by atoms with Crippen LogP contribution in [0.2, 0.25) is 5.02 Å². The summed E-state index contributed by atoms with van der Waals surface area (Å²) in [7, 11) is 0. The maximum Gasteiger partial charge on any atom is 0.265 e. The molecular formula is C36H37ClN4O. The molecule has 0 aliphatic carbocycles. The molecule has 5 rings (SSSR count). The Hall–Kier alpha value is -4.06. The highest BCUT2D eigenvalue weighted by Crippen LogP contribution is 2.40. The molecule has 1 N–H and O–H groups in total. The van der Waals surface area contributed by atoms with E-state index in [1.165, 1.54) is 16.0 Å². The fourth-order valence-corrected chi connectivity index (χ4v) is 5.68. The van der Waals surface area contributed by atoms with E-state index in [0.29, 0.717) is 16.2 Å². The Morgan fingerprint density at radius 2 is 1.71 bits per heavy atom. The lowest BCUT2D eigenvalue weighted by Gasteiger charge is -2.21. The minimum atomic E-state index is -0.150. The SMILES string of the molecule is C=Cc1cnc2cc(-c3cccc(-c4cccc(-c5ccc(CC)c(CCNC(C)(C)C)n5)c4C)c3Cl)ccn2c1=O. The predicted molar refractivity (Wildman–Crippen MR) is 176 cm³/mol. The highest BCUT2D eigenvalue weighted by Gasteiger charge is 2.17. The largest absolute Gasteiger partial charge is 0.312 e. The zero-order valence-corrected chi connectivity index (χ0v) is 25.7. The van der Waals surface area contributed by atoms with Crippen molar-refractivity contribution in [1.82, 2.24) is 19.7 Å². The third kappa shape index (κ3) is 5.94. The van der Waals surface area contributed by atoms with Crippen LogP contribution in [0.25, 0.3) is 45.2 Å². The molecule has 0 saturated carbocycles. The van der Waals surface area contributed by atoms with Crippen LogP contribution < -0.4 is 10.9 Å². The third-order valence-corrected chi connectivity index (χ3v) is 8.04. The number of rotatable bonds is 8. The first-order chi connectivity index (χ1) is 20.1. The van der Waals surface area contributed by atoms with E-state index >= 15 is 0 Å². The summed E-state index contributed by atoms with van der Waals surface area (Å²) in [4.78, 5) is 22.3. The van der Waals surface area contributed by atoms with Crippen LogP contribution in [-0.4, -0.2) is 26.5 Å². The molecule has 0 unspecified atom stereocenters. The molecule has 0 saturated heterocycles. The van der Waals surface area contributed by atoms with Gasteiger partial charge in [-0.3, -0.25) is 14.2 Å². The van der Waals surface area contributed by atoms with Crippen LogP contribution in [0.4, 0.5) is 0 Å². The van der Waals surface area contributed by atoms with E-state index in [1.54, 1.807) is 12.4 Å². The number of pyridine rings is 2. The van der Waals surface area contributed by atoms with Gasteiger partial charge in [-0.2, -0.15) is 0 Å². The minimum absolute atomic E-state index is 0.0684. The summed E-state index contributed by atoms with van der Waals surface area (Å²) < 4.78 is 1.52. The lowest BCUT2D eigenvalue weighted by atomic mass is 9.92. The molecule has 0 aliphatic rings. The van der Waals surface area contributed by atoms with Gasteiger partial charge in [-0.1, -0.05) is 73.6 Å². The van der Waals surface area contributed by atoms with Gasteiger partial charge in [-0.15, -0.1) is 0 Å². The van der Waals surface area contributed by atoms with Gasteiger partial charge in [0.1, 0.15) is 5.65 Å². The number of aryl methyl sites for hydroxylation is 1. The molecule has 42 heavy (non-hydrogen) atoms. The normalized spacial score (nSPS) is 11.7. The minimum Gasteiger partial charge on any atom is -0.312 e. The lowest BCUT2D eigenvalue weighted by molar-refractivity contribution is 0.428. The van der Waals surface area contributed by atoms with Crippen molar-refractivity contribution in [2.75, 3.05) is 6.54 Å². The zero-order valence-electron chi connectivity index (χ0n) is 25.0. The van der Waals surface area contributed by atoms with Crippen molar-refractivity contribution in [1.29, 1.82) is 0 Å². The van der Waals surface area contributed by atoms with E-state index in [9.17, 15) is 4.79 Å². The molecule has 5 nitrogen and oxygen atoms in total. The average Bonchev–Trinajstić information content (AvgIpc) is 2.97. The van der Waals surface area contributed by atoms with E-state index < -0.39 is 0 Å². The van der Waals surface area contributed by atoms with Crippen LogP contribution in [0.1, 0.15) is 50.1 Å². The summed E-state index contributed by atoms with van der Waals surface area (Å²) in [6, 6.07) is 20.5. The Morgan fingerprint density at radius 3 is 2.43 bits per heavy atom.